The SMILES string of the molecule is COc1ccc(Cc2ccc(O[C@H]3OC[C@H](O)[C@H](O)[C@H]3O)cc2)c(F)c1. The second kappa shape index (κ2) is 8.01. The van der Waals surface area contributed by atoms with Gasteiger partial charge in [0.15, 0.2) is 0 Å². The number of aliphatic hydroxyl groups is 3. The molecular formula is C19H21FO6. The summed E-state index contributed by atoms with van der Waals surface area (Å²) in [5.41, 5.74) is 1.42. The van der Waals surface area contributed by atoms with Gasteiger partial charge < -0.3 is 29.5 Å². The molecule has 4 atom stereocenters. The highest BCUT2D eigenvalue weighted by Gasteiger charge is 2.38. The second-order valence-corrected chi connectivity index (χ2v) is 6.15. The highest BCUT2D eigenvalue weighted by atomic mass is 19.1. The molecule has 140 valence electrons. The lowest BCUT2D eigenvalue weighted by Gasteiger charge is -2.34. The van der Waals surface area contributed by atoms with E-state index in [1.165, 1.54) is 13.2 Å². The zero-order valence-electron chi connectivity index (χ0n) is 14.2. The second-order valence-electron chi connectivity index (χ2n) is 6.15. The summed E-state index contributed by atoms with van der Waals surface area (Å²) in [6, 6.07) is 11.6. The summed E-state index contributed by atoms with van der Waals surface area (Å²) >= 11 is 0. The van der Waals surface area contributed by atoms with Gasteiger partial charge in [-0.15, -0.1) is 0 Å². The van der Waals surface area contributed by atoms with Crippen LogP contribution in [0.4, 0.5) is 4.39 Å². The van der Waals surface area contributed by atoms with E-state index in [1.807, 2.05) is 0 Å². The Bertz CT molecular complexity index is 735. The van der Waals surface area contributed by atoms with Gasteiger partial charge in [0.05, 0.1) is 13.7 Å². The van der Waals surface area contributed by atoms with Crippen molar-refractivity contribution in [1.29, 1.82) is 0 Å². The van der Waals surface area contributed by atoms with Crippen molar-refractivity contribution in [2.24, 2.45) is 0 Å². The molecule has 1 aliphatic rings. The van der Waals surface area contributed by atoms with Gasteiger partial charge in [0.25, 0.3) is 0 Å². The Morgan fingerprint density at radius 1 is 1.04 bits per heavy atom. The summed E-state index contributed by atoms with van der Waals surface area (Å²) in [4.78, 5) is 0. The van der Waals surface area contributed by atoms with Crippen LogP contribution in [0.15, 0.2) is 42.5 Å². The van der Waals surface area contributed by atoms with Gasteiger partial charge in [-0.3, -0.25) is 0 Å². The predicted molar refractivity (Wildman–Crippen MR) is 90.6 cm³/mol. The molecule has 26 heavy (non-hydrogen) atoms. The number of hydrogen-bond acceptors (Lipinski definition) is 6. The standard InChI is InChI=1S/C19H21FO6/c1-24-14-7-4-12(15(20)9-14)8-11-2-5-13(6-3-11)26-19-18(23)17(22)16(21)10-25-19/h2-7,9,16-19,21-23H,8,10H2,1H3/t16-,17-,18+,19+/m0/s1. The molecule has 0 aromatic heterocycles. The molecule has 0 unspecified atom stereocenters. The summed E-state index contributed by atoms with van der Waals surface area (Å²) in [5, 5.41) is 29.0. The summed E-state index contributed by atoms with van der Waals surface area (Å²) in [6.07, 6.45) is -4.49. The summed E-state index contributed by atoms with van der Waals surface area (Å²) in [7, 11) is 1.49. The molecule has 2 aromatic carbocycles. The fourth-order valence-corrected chi connectivity index (χ4v) is 2.72. The van der Waals surface area contributed by atoms with Gasteiger partial charge in [-0.25, -0.2) is 4.39 Å². The Morgan fingerprint density at radius 3 is 2.38 bits per heavy atom. The molecule has 3 N–H and O–H groups in total. The average molecular weight is 364 g/mol. The summed E-state index contributed by atoms with van der Waals surface area (Å²) in [6.45, 7) is -0.127. The van der Waals surface area contributed by atoms with Crippen LogP contribution in [-0.2, 0) is 11.2 Å². The van der Waals surface area contributed by atoms with Gasteiger partial charge in [-0.2, -0.15) is 0 Å². The van der Waals surface area contributed by atoms with Gasteiger partial charge >= 0.3 is 0 Å². The minimum absolute atomic E-state index is 0.127. The quantitative estimate of drug-likeness (QED) is 0.740. The Morgan fingerprint density at radius 2 is 1.73 bits per heavy atom. The third-order valence-electron chi connectivity index (χ3n) is 4.28. The van der Waals surface area contributed by atoms with E-state index in [1.54, 1.807) is 36.4 Å². The minimum Gasteiger partial charge on any atom is -0.497 e. The highest BCUT2D eigenvalue weighted by Crippen LogP contribution is 2.23. The lowest BCUT2D eigenvalue weighted by Crippen LogP contribution is -2.54. The molecule has 2 aromatic rings. The number of halogens is 1. The van der Waals surface area contributed by atoms with Crippen LogP contribution in [-0.4, -0.2) is 53.6 Å². The van der Waals surface area contributed by atoms with Crippen LogP contribution < -0.4 is 9.47 Å². The van der Waals surface area contributed by atoms with Crippen molar-refractivity contribution >= 4 is 0 Å². The first kappa shape index (κ1) is 18.6. The Kier molecular flexibility index (Phi) is 5.73. The lowest BCUT2D eigenvalue weighted by molar-refractivity contribution is -0.242. The molecule has 0 saturated carbocycles. The van der Waals surface area contributed by atoms with E-state index in [-0.39, 0.29) is 12.4 Å². The first-order valence-corrected chi connectivity index (χ1v) is 8.21. The molecule has 1 aliphatic heterocycles. The largest absolute Gasteiger partial charge is 0.497 e. The van der Waals surface area contributed by atoms with E-state index in [4.69, 9.17) is 14.2 Å². The number of hydrogen-bond donors (Lipinski definition) is 3. The van der Waals surface area contributed by atoms with Crippen molar-refractivity contribution < 1.29 is 33.9 Å². The van der Waals surface area contributed by atoms with Crippen LogP contribution in [0.3, 0.4) is 0 Å². The van der Waals surface area contributed by atoms with Crippen molar-refractivity contribution in [3.63, 3.8) is 0 Å². The fourth-order valence-electron chi connectivity index (χ4n) is 2.72. The molecular weight excluding hydrogens is 343 g/mol. The molecule has 0 spiro atoms. The fraction of sp³-hybridized carbons (Fsp3) is 0.368. The molecule has 0 radical (unpaired) electrons. The van der Waals surface area contributed by atoms with Crippen LogP contribution in [0.25, 0.3) is 0 Å². The Balaban J connectivity index is 1.63. The van der Waals surface area contributed by atoms with E-state index in [0.29, 0.717) is 23.5 Å². The third kappa shape index (κ3) is 4.13. The van der Waals surface area contributed by atoms with Crippen LogP contribution in [0.5, 0.6) is 11.5 Å². The van der Waals surface area contributed by atoms with Crippen LogP contribution in [0.2, 0.25) is 0 Å². The number of benzene rings is 2. The summed E-state index contributed by atoms with van der Waals surface area (Å²) in [5.74, 6) is 0.556. The molecule has 0 aliphatic carbocycles. The van der Waals surface area contributed by atoms with Crippen molar-refractivity contribution in [1.82, 2.24) is 0 Å². The number of ether oxygens (including phenoxy) is 3. The van der Waals surface area contributed by atoms with Crippen LogP contribution >= 0.6 is 0 Å². The topological polar surface area (TPSA) is 88.4 Å². The van der Waals surface area contributed by atoms with E-state index in [0.717, 1.165) is 5.56 Å². The first-order valence-electron chi connectivity index (χ1n) is 8.21. The van der Waals surface area contributed by atoms with Gasteiger partial charge in [-0.1, -0.05) is 18.2 Å². The van der Waals surface area contributed by atoms with Crippen molar-refractivity contribution in [2.45, 2.75) is 31.0 Å². The maximum absolute atomic E-state index is 14.0. The smallest absolute Gasteiger partial charge is 0.228 e. The zero-order valence-corrected chi connectivity index (χ0v) is 14.2. The third-order valence-corrected chi connectivity index (χ3v) is 4.28. The molecule has 1 saturated heterocycles. The minimum atomic E-state index is -1.35. The molecule has 0 amide bonds. The Labute approximate surface area is 150 Å². The van der Waals surface area contributed by atoms with Gasteiger partial charge in [0, 0.05) is 12.5 Å². The van der Waals surface area contributed by atoms with Crippen LogP contribution in [0, 0.1) is 5.82 Å². The van der Waals surface area contributed by atoms with Gasteiger partial charge in [-0.05, 0) is 29.3 Å². The number of methoxy groups -OCH3 is 1. The van der Waals surface area contributed by atoms with Gasteiger partial charge in [0.1, 0.15) is 35.6 Å². The number of rotatable bonds is 5. The van der Waals surface area contributed by atoms with E-state index in [2.05, 4.69) is 0 Å². The van der Waals surface area contributed by atoms with Crippen molar-refractivity contribution in [2.75, 3.05) is 13.7 Å². The molecule has 6 nitrogen and oxygen atoms in total. The maximum Gasteiger partial charge on any atom is 0.228 e. The molecule has 7 heteroatoms. The highest BCUT2D eigenvalue weighted by molar-refractivity contribution is 5.35. The Hall–Kier alpha value is -2.19. The van der Waals surface area contributed by atoms with Gasteiger partial charge in [0.2, 0.25) is 6.29 Å². The molecule has 0 bridgehead atoms. The van der Waals surface area contributed by atoms with Crippen LogP contribution in [0.1, 0.15) is 11.1 Å². The molecule has 3 rings (SSSR count). The van der Waals surface area contributed by atoms with E-state index < -0.39 is 24.6 Å². The summed E-state index contributed by atoms with van der Waals surface area (Å²) < 4.78 is 29.7. The maximum atomic E-state index is 14.0. The van der Waals surface area contributed by atoms with Crippen molar-refractivity contribution in [3.8, 4) is 11.5 Å². The predicted octanol–water partition coefficient (Wildman–Crippen LogP) is 1.24. The average Bonchev–Trinajstić information content (AvgIpc) is 2.65. The lowest BCUT2D eigenvalue weighted by atomic mass is 10.0. The normalized spacial score (nSPS) is 25.7. The van der Waals surface area contributed by atoms with E-state index >= 15 is 0 Å². The molecule has 1 fully saturated rings. The molecule has 1 heterocycles. The van der Waals surface area contributed by atoms with E-state index in [9.17, 15) is 19.7 Å². The number of aliphatic hydroxyl groups excluding tert-OH is 3. The first-order chi connectivity index (χ1) is 12.5. The zero-order chi connectivity index (χ0) is 18.7. The van der Waals surface area contributed by atoms with Crippen molar-refractivity contribution in [3.05, 3.63) is 59.4 Å². The monoisotopic (exact) mass is 364 g/mol.